The van der Waals surface area contributed by atoms with Gasteiger partial charge < -0.3 is 14.2 Å². The largest absolute Gasteiger partial charge is 0.490 e. The van der Waals surface area contributed by atoms with Gasteiger partial charge >= 0.3 is 5.69 Å². The summed E-state index contributed by atoms with van der Waals surface area (Å²) < 4.78 is 16.9. The Hall–Kier alpha value is -5.00. The van der Waals surface area contributed by atoms with E-state index in [0.717, 1.165) is 24.6 Å². The number of non-ortho nitro benzene ring substituents is 1. The van der Waals surface area contributed by atoms with Crippen molar-refractivity contribution in [1.29, 1.82) is 0 Å². The Morgan fingerprint density at radius 1 is 0.919 bits per heavy atom. The highest BCUT2D eigenvalue weighted by Crippen LogP contribution is 2.35. The number of nitrogens with zero attached hydrogens (tertiary/aromatic N) is 3. The molecule has 3 aromatic rings. The van der Waals surface area contributed by atoms with E-state index in [-0.39, 0.29) is 11.5 Å². The molecular weight excluding hydrogens is 484 g/mol. The first-order valence-corrected chi connectivity index (χ1v) is 11.3. The lowest BCUT2D eigenvalue weighted by molar-refractivity contribution is -0.394. The van der Waals surface area contributed by atoms with Crippen LogP contribution in [-0.4, -0.2) is 35.2 Å². The van der Waals surface area contributed by atoms with Crippen molar-refractivity contribution >= 4 is 23.5 Å². The molecule has 0 aliphatic carbocycles. The topological polar surface area (TPSA) is 155 Å². The number of nitro groups is 2. The Balaban J connectivity index is 1.77. The third kappa shape index (κ3) is 7.01. The van der Waals surface area contributed by atoms with Gasteiger partial charge in [0.25, 0.3) is 11.6 Å². The van der Waals surface area contributed by atoms with Gasteiger partial charge in [0.05, 0.1) is 35.3 Å². The zero-order chi connectivity index (χ0) is 26.8. The average Bonchev–Trinajstić information content (AvgIpc) is 2.89. The Bertz CT molecular complexity index is 1330. The molecule has 0 aromatic heterocycles. The highest BCUT2D eigenvalue weighted by Gasteiger charge is 2.21. The number of para-hydroxylation sites is 1. The van der Waals surface area contributed by atoms with Crippen molar-refractivity contribution in [3.8, 4) is 23.0 Å². The lowest BCUT2D eigenvalue weighted by atomic mass is 10.2. The molecule has 12 nitrogen and oxygen atoms in total. The van der Waals surface area contributed by atoms with E-state index in [1.807, 2.05) is 13.8 Å². The second-order valence-corrected chi connectivity index (χ2v) is 7.45. The average molecular weight is 508 g/mol. The van der Waals surface area contributed by atoms with Crippen LogP contribution in [0.2, 0.25) is 0 Å². The van der Waals surface area contributed by atoms with Crippen molar-refractivity contribution in [1.82, 2.24) is 5.43 Å². The first-order valence-electron chi connectivity index (χ1n) is 11.3. The van der Waals surface area contributed by atoms with E-state index in [2.05, 4.69) is 10.5 Å². The maximum Gasteiger partial charge on any atom is 0.318 e. The van der Waals surface area contributed by atoms with Crippen molar-refractivity contribution in [3.63, 3.8) is 0 Å². The quantitative estimate of drug-likeness (QED) is 0.198. The van der Waals surface area contributed by atoms with Crippen molar-refractivity contribution in [2.24, 2.45) is 5.10 Å². The van der Waals surface area contributed by atoms with Crippen molar-refractivity contribution in [2.45, 2.75) is 20.3 Å². The molecule has 0 spiro atoms. The summed E-state index contributed by atoms with van der Waals surface area (Å²) in [5, 5.41) is 26.3. The number of hydrogen-bond donors (Lipinski definition) is 1. The lowest BCUT2D eigenvalue weighted by Gasteiger charge is -2.12. The van der Waals surface area contributed by atoms with Crippen LogP contribution in [0.1, 0.15) is 36.2 Å². The molecule has 1 amide bonds. The minimum atomic E-state index is -0.770. The van der Waals surface area contributed by atoms with E-state index in [9.17, 15) is 25.0 Å². The van der Waals surface area contributed by atoms with E-state index in [4.69, 9.17) is 14.2 Å². The summed E-state index contributed by atoms with van der Waals surface area (Å²) in [5.41, 5.74) is 2.11. The number of hydrogen-bond acceptors (Lipinski definition) is 9. The van der Waals surface area contributed by atoms with Gasteiger partial charge in [-0.05, 0) is 49.7 Å². The van der Waals surface area contributed by atoms with Crippen LogP contribution in [0.5, 0.6) is 23.0 Å². The molecule has 37 heavy (non-hydrogen) atoms. The molecule has 0 fully saturated rings. The Morgan fingerprint density at radius 3 is 2.38 bits per heavy atom. The monoisotopic (exact) mass is 508 g/mol. The summed E-state index contributed by atoms with van der Waals surface area (Å²) in [5.74, 6) is 0.484. The van der Waals surface area contributed by atoms with Gasteiger partial charge in [-0.15, -0.1) is 0 Å². The Morgan fingerprint density at radius 2 is 1.68 bits per heavy atom. The molecule has 0 saturated heterocycles. The number of ether oxygens (including phenoxy) is 3. The van der Waals surface area contributed by atoms with Gasteiger partial charge in [0.15, 0.2) is 11.5 Å². The van der Waals surface area contributed by atoms with E-state index in [1.54, 1.807) is 36.4 Å². The number of benzene rings is 3. The Labute approximate surface area is 211 Å². The minimum Gasteiger partial charge on any atom is -0.490 e. The molecule has 0 aliphatic rings. The van der Waals surface area contributed by atoms with Crippen LogP contribution in [0.4, 0.5) is 11.4 Å². The van der Waals surface area contributed by atoms with Crippen LogP contribution in [0, 0.1) is 20.2 Å². The number of nitro benzene ring substituents is 2. The van der Waals surface area contributed by atoms with Crippen LogP contribution < -0.4 is 19.6 Å². The van der Waals surface area contributed by atoms with Crippen LogP contribution in [0.15, 0.2) is 65.8 Å². The summed E-state index contributed by atoms with van der Waals surface area (Å²) in [4.78, 5) is 33.5. The third-order valence-corrected chi connectivity index (χ3v) is 4.83. The van der Waals surface area contributed by atoms with Crippen LogP contribution in [-0.2, 0) is 0 Å². The molecule has 0 unspecified atom stereocenters. The summed E-state index contributed by atoms with van der Waals surface area (Å²) in [7, 11) is 0. The number of rotatable bonds is 12. The number of amides is 1. The fourth-order valence-corrected chi connectivity index (χ4v) is 3.12. The molecule has 0 bridgehead atoms. The SMILES string of the molecule is CCCOc1ccc(C(=O)N/N=C/c2ccccc2Oc2ccc([N+](=O)[O-])cc2[N+](=O)[O-])cc1OCC. The maximum atomic E-state index is 12.6. The van der Waals surface area contributed by atoms with Gasteiger partial charge in [0, 0.05) is 17.2 Å². The predicted octanol–water partition coefficient (Wildman–Crippen LogP) is 5.25. The zero-order valence-corrected chi connectivity index (χ0v) is 20.1. The lowest BCUT2D eigenvalue weighted by Crippen LogP contribution is -2.18. The summed E-state index contributed by atoms with van der Waals surface area (Å²) in [6.07, 6.45) is 2.14. The smallest absolute Gasteiger partial charge is 0.318 e. The number of carbonyl (C=O) groups excluding carboxylic acids is 1. The summed E-state index contributed by atoms with van der Waals surface area (Å²) in [6, 6.07) is 14.4. The van der Waals surface area contributed by atoms with Gasteiger partial charge in [0.2, 0.25) is 5.75 Å². The summed E-state index contributed by atoms with van der Waals surface area (Å²) >= 11 is 0. The molecule has 0 heterocycles. The van der Waals surface area contributed by atoms with Crippen LogP contribution in [0.25, 0.3) is 0 Å². The van der Waals surface area contributed by atoms with Crippen molar-refractivity contribution in [3.05, 3.63) is 92.0 Å². The first kappa shape index (κ1) is 26.6. The number of nitrogens with one attached hydrogen (secondary N) is 1. The molecule has 0 atom stereocenters. The second-order valence-electron chi connectivity index (χ2n) is 7.45. The fourth-order valence-electron chi connectivity index (χ4n) is 3.12. The predicted molar refractivity (Wildman–Crippen MR) is 135 cm³/mol. The molecule has 0 aliphatic heterocycles. The highest BCUT2D eigenvalue weighted by molar-refractivity contribution is 5.95. The molecule has 1 N–H and O–H groups in total. The first-order chi connectivity index (χ1) is 17.8. The Kier molecular flexibility index (Phi) is 9.08. The molecule has 3 rings (SSSR count). The van der Waals surface area contributed by atoms with E-state index < -0.39 is 27.1 Å². The van der Waals surface area contributed by atoms with E-state index >= 15 is 0 Å². The standard InChI is InChI=1S/C25H24N4O8/c1-3-13-36-23-11-9-17(14-24(23)35-4-2)25(30)27-26-16-18-7-5-6-8-21(18)37-22-12-10-19(28(31)32)15-20(22)29(33)34/h5-12,14-16H,3-4,13H2,1-2H3,(H,27,30)/b26-16+. The van der Waals surface area contributed by atoms with Gasteiger partial charge in [0.1, 0.15) is 5.75 Å². The van der Waals surface area contributed by atoms with Gasteiger partial charge in [-0.2, -0.15) is 5.10 Å². The zero-order valence-electron chi connectivity index (χ0n) is 20.1. The number of hydrazone groups is 1. The molecule has 12 heteroatoms. The van der Waals surface area contributed by atoms with Gasteiger partial charge in [-0.25, -0.2) is 5.43 Å². The van der Waals surface area contributed by atoms with Crippen molar-refractivity contribution in [2.75, 3.05) is 13.2 Å². The normalized spacial score (nSPS) is 10.6. The molecule has 3 aromatic carbocycles. The molecule has 0 radical (unpaired) electrons. The van der Waals surface area contributed by atoms with E-state index in [0.29, 0.717) is 35.8 Å². The third-order valence-electron chi connectivity index (χ3n) is 4.83. The molecular formula is C25H24N4O8. The maximum absolute atomic E-state index is 12.6. The van der Waals surface area contributed by atoms with Gasteiger partial charge in [-0.3, -0.25) is 25.0 Å². The number of carbonyl (C=O) groups is 1. The van der Waals surface area contributed by atoms with E-state index in [1.165, 1.54) is 12.3 Å². The van der Waals surface area contributed by atoms with Gasteiger partial charge in [-0.1, -0.05) is 19.1 Å². The molecule has 192 valence electrons. The molecule has 0 saturated carbocycles. The highest BCUT2D eigenvalue weighted by atomic mass is 16.6. The summed E-state index contributed by atoms with van der Waals surface area (Å²) in [6.45, 7) is 4.72. The fraction of sp³-hybridized carbons (Fsp3) is 0.200. The minimum absolute atomic E-state index is 0.186. The second kappa shape index (κ2) is 12.6. The van der Waals surface area contributed by atoms with Crippen LogP contribution in [0.3, 0.4) is 0 Å². The van der Waals surface area contributed by atoms with Crippen LogP contribution >= 0.6 is 0 Å². The van der Waals surface area contributed by atoms with Crippen molar-refractivity contribution < 1.29 is 28.9 Å².